The minimum Gasteiger partial charge on any atom is -0.394 e. The summed E-state index contributed by atoms with van der Waals surface area (Å²) in [5, 5.41) is 18.3. The molecule has 2 N–H and O–H groups in total. The van der Waals surface area contributed by atoms with E-state index >= 15 is 0 Å². The highest BCUT2D eigenvalue weighted by molar-refractivity contribution is 4.85. The third-order valence-corrected chi connectivity index (χ3v) is 2.74. The minimum absolute atomic E-state index is 0.0152. The predicted octanol–water partition coefficient (Wildman–Crippen LogP) is 1.03. The predicted molar refractivity (Wildman–Crippen MR) is 62.4 cm³/mol. The molecule has 0 amide bonds. The van der Waals surface area contributed by atoms with Crippen LogP contribution < -0.4 is 0 Å². The van der Waals surface area contributed by atoms with Gasteiger partial charge in [0.05, 0.1) is 26.4 Å². The monoisotopic (exact) mass is 248 g/mol. The number of aliphatic hydroxyl groups is 2. The lowest BCUT2D eigenvalue weighted by Crippen LogP contribution is -2.18. The van der Waals surface area contributed by atoms with Gasteiger partial charge in [0, 0.05) is 6.42 Å². The molecule has 0 radical (unpaired) electrons. The molecule has 102 valence electrons. The number of hydrogen-bond acceptors (Lipinski definition) is 5. The highest BCUT2D eigenvalue weighted by Gasteiger charge is 2.56. The van der Waals surface area contributed by atoms with Crippen LogP contribution in [0.5, 0.6) is 0 Å². The maximum atomic E-state index is 9.86. The first-order valence-electron chi connectivity index (χ1n) is 6.43. The van der Waals surface area contributed by atoms with Gasteiger partial charge in [-0.1, -0.05) is 26.2 Å². The molecule has 0 aromatic heterocycles. The van der Waals surface area contributed by atoms with Gasteiger partial charge in [-0.25, -0.2) is 0 Å². The van der Waals surface area contributed by atoms with Crippen molar-refractivity contribution in [1.82, 2.24) is 0 Å². The van der Waals surface area contributed by atoms with Gasteiger partial charge in [0.25, 0.3) is 0 Å². The van der Waals surface area contributed by atoms with Crippen LogP contribution in [0.3, 0.4) is 0 Å². The molecule has 0 spiro atoms. The van der Waals surface area contributed by atoms with Crippen LogP contribution in [0.1, 0.15) is 39.0 Å². The molecule has 0 aliphatic carbocycles. The van der Waals surface area contributed by atoms with E-state index in [4.69, 9.17) is 19.3 Å². The maximum absolute atomic E-state index is 9.86. The number of aliphatic hydroxyl groups excluding tert-OH is 1. The van der Waals surface area contributed by atoms with Gasteiger partial charge in [0.2, 0.25) is 12.1 Å². The fraction of sp³-hybridized carbons (Fsp3) is 1.00. The molecule has 0 saturated carbocycles. The van der Waals surface area contributed by atoms with Crippen molar-refractivity contribution in [3.63, 3.8) is 0 Å². The van der Waals surface area contributed by atoms with Crippen molar-refractivity contribution < 1.29 is 24.4 Å². The van der Waals surface area contributed by atoms with Gasteiger partial charge >= 0.3 is 0 Å². The molecular formula is C12H24O5. The summed E-state index contributed by atoms with van der Waals surface area (Å²) in [7, 11) is 0. The van der Waals surface area contributed by atoms with E-state index in [0.29, 0.717) is 26.2 Å². The molecule has 1 fully saturated rings. The Morgan fingerprint density at radius 2 is 2.00 bits per heavy atom. The van der Waals surface area contributed by atoms with E-state index in [1.807, 2.05) is 0 Å². The summed E-state index contributed by atoms with van der Waals surface area (Å²) in [6.07, 6.45) is 4.59. The zero-order valence-corrected chi connectivity index (χ0v) is 10.6. The quantitative estimate of drug-likeness (QED) is 0.422. The van der Waals surface area contributed by atoms with Gasteiger partial charge in [0.1, 0.15) is 0 Å². The Balaban J connectivity index is 1.94. The summed E-state index contributed by atoms with van der Waals surface area (Å²) in [6.45, 7) is 3.27. The Morgan fingerprint density at radius 3 is 2.71 bits per heavy atom. The van der Waals surface area contributed by atoms with Crippen LogP contribution in [0, 0.1) is 0 Å². The molecule has 5 nitrogen and oxygen atoms in total. The number of epoxide rings is 1. The molecule has 0 aromatic carbocycles. The largest absolute Gasteiger partial charge is 0.394 e. The van der Waals surface area contributed by atoms with Crippen molar-refractivity contribution in [3.05, 3.63) is 0 Å². The Morgan fingerprint density at radius 1 is 1.18 bits per heavy atom. The molecule has 2 unspecified atom stereocenters. The highest BCUT2D eigenvalue weighted by Crippen LogP contribution is 2.39. The molecule has 0 bridgehead atoms. The van der Waals surface area contributed by atoms with E-state index in [1.165, 1.54) is 12.8 Å². The van der Waals surface area contributed by atoms with Gasteiger partial charge in [-0.05, 0) is 6.42 Å². The normalized spacial score (nSPS) is 27.4. The second-order valence-corrected chi connectivity index (χ2v) is 4.31. The van der Waals surface area contributed by atoms with Gasteiger partial charge in [-0.15, -0.1) is 0 Å². The first-order valence-corrected chi connectivity index (χ1v) is 6.43. The van der Waals surface area contributed by atoms with Crippen LogP contribution in [0.4, 0.5) is 0 Å². The first-order chi connectivity index (χ1) is 8.23. The third-order valence-electron chi connectivity index (χ3n) is 2.74. The van der Waals surface area contributed by atoms with Crippen molar-refractivity contribution in [3.8, 4) is 0 Å². The lowest BCUT2D eigenvalue weighted by atomic mass is 10.1. The van der Waals surface area contributed by atoms with E-state index in [2.05, 4.69) is 6.92 Å². The second kappa shape index (κ2) is 8.00. The van der Waals surface area contributed by atoms with E-state index in [0.717, 1.165) is 12.8 Å². The fourth-order valence-electron chi connectivity index (χ4n) is 1.68. The van der Waals surface area contributed by atoms with Gasteiger partial charge in [-0.2, -0.15) is 0 Å². The first kappa shape index (κ1) is 14.9. The summed E-state index contributed by atoms with van der Waals surface area (Å²) >= 11 is 0. The van der Waals surface area contributed by atoms with E-state index < -0.39 is 12.1 Å². The van der Waals surface area contributed by atoms with E-state index in [9.17, 15) is 5.11 Å². The molecule has 0 aromatic rings. The van der Waals surface area contributed by atoms with Crippen LogP contribution in [0.25, 0.3) is 0 Å². The third kappa shape index (κ3) is 5.79. The molecule has 1 aliphatic heterocycles. The van der Waals surface area contributed by atoms with Crippen molar-refractivity contribution in [2.45, 2.75) is 51.1 Å². The molecule has 1 rings (SSSR count). The molecule has 1 saturated heterocycles. The molecule has 17 heavy (non-hydrogen) atoms. The van der Waals surface area contributed by atoms with Gasteiger partial charge in [0.15, 0.2) is 0 Å². The average Bonchev–Trinajstić information content (AvgIpc) is 2.96. The lowest BCUT2D eigenvalue weighted by molar-refractivity contribution is -0.00781. The van der Waals surface area contributed by atoms with Crippen LogP contribution in [0.15, 0.2) is 0 Å². The number of rotatable bonds is 11. The van der Waals surface area contributed by atoms with E-state index in [1.54, 1.807) is 0 Å². The van der Waals surface area contributed by atoms with Crippen LogP contribution in [-0.2, 0) is 14.2 Å². The SMILES string of the molecule is CCCCCCC1(O)OC1OCCOCCO. The average molecular weight is 248 g/mol. The highest BCUT2D eigenvalue weighted by atomic mass is 16.9. The molecule has 1 aliphatic rings. The number of hydrogen-bond donors (Lipinski definition) is 2. The molecule has 1 heterocycles. The van der Waals surface area contributed by atoms with Crippen molar-refractivity contribution in [2.75, 3.05) is 26.4 Å². The maximum Gasteiger partial charge on any atom is 0.220 e. The summed E-state index contributed by atoms with van der Waals surface area (Å²) in [4.78, 5) is 0. The standard InChI is InChI=1S/C12H24O5/c1-2-3-4-5-6-12(14)11(17-12)16-10-9-15-8-7-13/h11,13-14H,2-10H2,1H3. The number of unbranched alkanes of at least 4 members (excludes halogenated alkanes) is 3. The zero-order valence-electron chi connectivity index (χ0n) is 10.6. The molecular weight excluding hydrogens is 224 g/mol. The van der Waals surface area contributed by atoms with Gasteiger partial charge in [-0.3, -0.25) is 0 Å². The summed E-state index contributed by atoms with van der Waals surface area (Å²) in [6, 6.07) is 0. The Kier molecular flexibility index (Phi) is 6.99. The van der Waals surface area contributed by atoms with Crippen LogP contribution in [0.2, 0.25) is 0 Å². The summed E-state index contributed by atoms with van der Waals surface area (Å²) < 4.78 is 15.4. The van der Waals surface area contributed by atoms with Crippen molar-refractivity contribution >= 4 is 0 Å². The second-order valence-electron chi connectivity index (χ2n) is 4.31. The van der Waals surface area contributed by atoms with Crippen molar-refractivity contribution in [1.29, 1.82) is 0 Å². The van der Waals surface area contributed by atoms with Gasteiger partial charge < -0.3 is 24.4 Å². The topological polar surface area (TPSA) is 71.5 Å². The molecule has 2 atom stereocenters. The summed E-state index contributed by atoms with van der Waals surface area (Å²) in [5.74, 6) is -1.06. The Hall–Kier alpha value is -0.200. The minimum atomic E-state index is -1.06. The van der Waals surface area contributed by atoms with Crippen molar-refractivity contribution in [2.24, 2.45) is 0 Å². The smallest absolute Gasteiger partial charge is 0.220 e. The molecule has 5 heteroatoms. The van der Waals surface area contributed by atoms with Crippen LogP contribution >= 0.6 is 0 Å². The van der Waals surface area contributed by atoms with E-state index in [-0.39, 0.29) is 6.61 Å². The summed E-state index contributed by atoms with van der Waals surface area (Å²) in [5.41, 5.74) is 0. The Labute approximate surface area is 103 Å². The Bertz CT molecular complexity index is 199. The fourth-order valence-corrected chi connectivity index (χ4v) is 1.68. The number of ether oxygens (including phenoxy) is 3. The van der Waals surface area contributed by atoms with Crippen LogP contribution in [-0.4, -0.2) is 48.7 Å². The zero-order chi connectivity index (χ0) is 12.6. The lowest BCUT2D eigenvalue weighted by Gasteiger charge is -2.06.